The van der Waals surface area contributed by atoms with Gasteiger partial charge in [-0.25, -0.2) is 4.98 Å². The maximum atomic E-state index is 11.9. The van der Waals surface area contributed by atoms with E-state index in [1.54, 1.807) is 0 Å². The minimum Gasteiger partial charge on any atom is -0.345 e. The lowest BCUT2D eigenvalue weighted by Crippen LogP contribution is -2.30. The fourth-order valence-electron chi connectivity index (χ4n) is 2.26. The Morgan fingerprint density at radius 2 is 2.32 bits per heavy atom. The van der Waals surface area contributed by atoms with Crippen molar-refractivity contribution in [3.8, 4) is 0 Å². The van der Waals surface area contributed by atoms with E-state index in [9.17, 15) is 4.79 Å². The van der Waals surface area contributed by atoms with Crippen LogP contribution in [-0.2, 0) is 11.2 Å². The van der Waals surface area contributed by atoms with Crippen molar-refractivity contribution in [3.05, 3.63) is 34.8 Å². The second-order valence-electron chi connectivity index (χ2n) is 5.06. The first-order valence-electron chi connectivity index (χ1n) is 6.53. The molecule has 1 aliphatic rings. The molecule has 2 heterocycles. The molecule has 0 spiro atoms. The fraction of sp³-hybridized carbons (Fsp3) is 0.429. The Morgan fingerprint density at radius 1 is 1.53 bits per heavy atom. The molecule has 100 valence electrons. The lowest BCUT2D eigenvalue weighted by Gasteiger charge is -2.16. The van der Waals surface area contributed by atoms with E-state index in [4.69, 9.17) is 0 Å². The minimum atomic E-state index is 0.278. The summed E-state index contributed by atoms with van der Waals surface area (Å²) < 4.78 is 2.93. The lowest BCUT2D eigenvalue weighted by molar-refractivity contribution is -0.131. The number of amides is 1. The summed E-state index contributed by atoms with van der Waals surface area (Å²) in [5, 5.41) is 0. The Hall–Kier alpha value is -1.36. The number of carbonyl (C=O) groups excluding carboxylic acids is 1. The SMILES string of the molecule is CN(CCc1nc(Br)c2ccccn12)C(=O)C1CC1. The van der Waals surface area contributed by atoms with Crippen molar-refractivity contribution in [1.29, 1.82) is 0 Å². The molecule has 19 heavy (non-hydrogen) atoms. The minimum absolute atomic E-state index is 0.278. The van der Waals surface area contributed by atoms with E-state index in [2.05, 4.69) is 25.3 Å². The molecule has 0 aliphatic heterocycles. The van der Waals surface area contributed by atoms with Gasteiger partial charge in [-0.15, -0.1) is 0 Å². The van der Waals surface area contributed by atoms with Gasteiger partial charge in [-0.3, -0.25) is 4.79 Å². The second-order valence-corrected chi connectivity index (χ2v) is 5.81. The molecule has 0 radical (unpaired) electrons. The molecule has 0 aromatic carbocycles. The average molecular weight is 322 g/mol. The van der Waals surface area contributed by atoms with Gasteiger partial charge in [0.05, 0.1) is 5.52 Å². The number of pyridine rings is 1. The maximum Gasteiger partial charge on any atom is 0.225 e. The summed E-state index contributed by atoms with van der Waals surface area (Å²) >= 11 is 3.47. The molecular weight excluding hydrogens is 306 g/mol. The number of hydrogen-bond acceptors (Lipinski definition) is 2. The molecule has 0 atom stereocenters. The van der Waals surface area contributed by atoms with Gasteiger partial charge in [0.15, 0.2) is 0 Å². The van der Waals surface area contributed by atoms with Crippen molar-refractivity contribution in [2.75, 3.05) is 13.6 Å². The zero-order valence-corrected chi connectivity index (χ0v) is 12.4. The van der Waals surface area contributed by atoms with Crippen LogP contribution in [0.2, 0.25) is 0 Å². The Bertz CT molecular complexity index is 618. The summed E-state index contributed by atoms with van der Waals surface area (Å²) in [7, 11) is 1.88. The van der Waals surface area contributed by atoms with Crippen molar-refractivity contribution < 1.29 is 4.79 Å². The van der Waals surface area contributed by atoms with Gasteiger partial charge in [0.2, 0.25) is 5.91 Å². The van der Waals surface area contributed by atoms with Crippen LogP contribution in [0, 0.1) is 5.92 Å². The molecule has 1 saturated carbocycles. The first kappa shape index (κ1) is 12.7. The number of halogens is 1. The molecule has 4 nitrogen and oxygen atoms in total. The van der Waals surface area contributed by atoms with Gasteiger partial charge >= 0.3 is 0 Å². The molecule has 1 aliphatic carbocycles. The normalized spacial score (nSPS) is 14.8. The summed E-state index contributed by atoms with van der Waals surface area (Å²) in [5.41, 5.74) is 1.06. The van der Waals surface area contributed by atoms with Gasteiger partial charge in [-0.2, -0.15) is 0 Å². The van der Waals surface area contributed by atoms with Crippen LogP contribution in [0.1, 0.15) is 18.7 Å². The van der Waals surface area contributed by atoms with Gasteiger partial charge in [0.1, 0.15) is 10.4 Å². The van der Waals surface area contributed by atoms with E-state index in [0.717, 1.165) is 41.8 Å². The molecule has 2 aromatic rings. The zero-order valence-electron chi connectivity index (χ0n) is 10.8. The standard InChI is InChI=1S/C14H16BrN3O/c1-17(14(19)10-5-6-10)9-7-12-16-13(15)11-4-2-3-8-18(11)12/h2-4,8,10H,5-7,9H2,1H3. The first-order chi connectivity index (χ1) is 9.16. The lowest BCUT2D eigenvalue weighted by atomic mass is 10.3. The van der Waals surface area contributed by atoms with Crippen molar-refractivity contribution in [3.63, 3.8) is 0 Å². The van der Waals surface area contributed by atoms with Gasteiger partial charge in [0.25, 0.3) is 0 Å². The summed E-state index contributed by atoms with van der Waals surface area (Å²) in [5.74, 6) is 1.55. The second kappa shape index (κ2) is 4.96. The number of aromatic nitrogens is 2. The smallest absolute Gasteiger partial charge is 0.225 e. The summed E-state index contributed by atoms with van der Waals surface area (Å²) in [4.78, 5) is 18.2. The molecule has 0 unspecified atom stereocenters. The molecule has 0 saturated heterocycles. The van der Waals surface area contributed by atoms with Crippen LogP contribution < -0.4 is 0 Å². The van der Waals surface area contributed by atoms with E-state index in [1.807, 2.05) is 36.3 Å². The predicted molar refractivity (Wildman–Crippen MR) is 77.0 cm³/mol. The number of fused-ring (bicyclic) bond motifs is 1. The third-order valence-electron chi connectivity index (χ3n) is 3.55. The van der Waals surface area contributed by atoms with Crippen LogP contribution in [0.15, 0.2) is 29.0 Å². The Kier molecular flexibility index (Phi) is 3.31. The van der Waals surface area contributed by atoms with Crippen LogP contribution >= 0.6 is 15.9 Å². The van der Waals surface area contributed by atoms with Crippen molar-refractivity contribution >= 4 is 27.4 Å². The highest BCUT2D eigenvalue weighted by Crippen LogP contribution is 2.30. The molecule has 1 fully saturated rings. The molecule has 0 N–H and O–H groups in total. The van der Waals surface area contributed by atoms with E-state index in [1.165, 1.54) is 0 Å². The van der Waals surface area contributed by atoms with E-state index < -0.39 is 0 Å². The van der Waals surface area contributed by atoms with Gasteiger partial charge in [-0.05, 0) is 40.9 Å². The van der Waals surface area contributed by atoms with Crippen LogP contribution in [0.5, 0.6) is 0 Å². The number of rotatable bonds is 4. The highest BCUT2D eigenvalue weighted by Gasteiger charge is 2.31. The summed E-state index contributed by atoms with van der Waals surface area (Å²) in [6.07, 6.45) is 4.89. The first-order valence-corrected chi connectivity index (χ1v) is 7.32. The molecule has 2 aromatic heterocycles. The fourth-order valence-corrected chi connectivity index (χ4v) is 2.78. The number of likely N-dealkylation sites (N-methyl/N-ethyl adjacent to an activating group) is 1. The van der Waals surface area contributed by atoms with Crippen molar-refractivity contribution in [1.82, 2.24) is 14.3 Å². The highest BCUT2D eigenvalue weighted by atomic mass is 79.9. The molecule has 5 heteroatoms. The Labute approximate surface area is 120 Å². The van der Waals surface area contributed by atoms with E-state index in [0.29, 0.717) is 0 Å². The highest BCUT2D eigenvalue weighted by molar-refractivity contribution is 9.10. The number of carbonyl (C=O) groups is 1. The number of hydrogen-bond donors (Lipinski definition) is 0. The molecular formula is C14H16BrN3O. The third kappa shape index (κ3) is 2.52. The summed E-state index contributed by atoms with van der Waals surface area (Å²) in [6, 6.07) is 6.01. The van der Waals surface area contributed by atoms with Crippen molar-refractivity contribution in [2.24, 2.45) is 5.92 Å². The maximum absolute atomic E-state index is 11.9. The molecule has 3 rings (SSSR count). The summed E-state index contributed by atoms with van der Waals surface area (Å²) in [6.45, 7) is 0.718. The van der Waals surface area contributed by atoms with E-state index in [-0.39, 0.29) is 11.8 Å². The zero-order chi connectivity index (χ0) is 13.4. The predicted octanol–water partition coefficient (Wildman–Crippen LogP) is 2.51. The monoisotopic (exact) mass is 321 g/mol. The molecule has 1 amide bonds. The van der Waals surface area contributed by atoms with Crippen LogP contribution in [0.3, 0.4) is 0 Å². The average Bonchev–Trinajstić information content (AvgIpc) is 3.22. The quantitative estimate of drug-likeness (QED) is 0.867. The van der Waals surface area contributed by atoms with Crippen LogP contribution in [0.25, 0.3) is 5.52 Å². The largest absolute Gasteiger partial charge is 0.345 e. The van der Waals surface area contributed by atoms with Gasteiger partial charge < -0.3 is 9.30 Å². The Morgan fingerprint density at radius 3 is 3.05 bits per heavy atom. The van der Waals surface area contributed by atoms with Gasteiger partial charge in [-0.1, -0.05) is 6.07 Å². The third-order valence-corrected chi connectivity index (χ3v) is 4.13. The number of nitrogens with zero attached hydrogens (tertiary/aromatic N) is 3. The molecule has 0 bridgehead atoms. The van der Waals surface area contributed by atoms with Crippen LogP contribution in [-0.4, -0.2) is 33.8 Å². The number of imidazole rings is 1. The Balaban J connectivity index is 1.73. The topological polar surface area (TPSA) is 37.6 Å². The van der Waals surface area contributed by atoms with Crippen LogP contribution in [0.4, 0.5) is 0 Å². The van der Waals surface area contributed by atoms with E-state index >= 15 is 0 Å². The van der Waals surface area contributed by atoms with Crippen molar-refractivity contribution in [2.45, 2.75) is 19.3 Å². The van der Waals surface area contributed by atoms with Gasteiger partial charge in [0, 0.05) is 32.1 Å².